The highest BCUT2D eigenvalue weighted by atomic mass is 15.1. The number of nitrogens with one attached hydrogen (secondary N) is 1. The topological polar surface area (TPSA) is 54.2 Å². The molecular weight excluding hydrogens is 234 g/mol. The summed E-state index contributed by atoms with van der Waals surface area (Å²) in [5.74, 6) is 5.51. The summed E-state index contributed by atoms with van der Waals surface area (Å²) in [5.41, 5.74) is 6.29. The van der Waals surface area contributed by atoms with Gasteiger partial charge in [0, 0.05) is 10.9 Å². The normalized spacial score (nSPS) is 17.9. The average Bonchev–Trinajstić information content (AvgIpc) is 2.75. The zero-order valence-electron chi connectivity index (χ0n) is 11.9. The molecule has 19 heavy (non-hydrogen) atoms. The molecule has 0 spiro atoms. The van der Waals surface area contributed by atoms with Gasteiger partial charge >= 0.3 is 0 Å². The fourth-order valence-electron chi connectivity index (χ4n) is 2.91. The monoisotopic (exact) mass is 255 g/mol. The molecule has 0 saturated heterocycles. The van der Waals surface area contributed by atoms with E-state index in [1.54, 1.807) is 0 Å². The average molecular weight is 255 g/mol. The summed E-state index contributed by atoms with van der Waals surface area (Å²) in [6.07, 6.45) is 3.22. The summed E-state index contributed by atoms with van der Waals surface area (Å²) in [4.78, 5) is 3.48. The molecule has 0 saturated carbocycles. The number of aromatic nitrogens is 1. The summed E-state index contributed by atoms with van der Waals surface area (Å²) < 4.78 is 0. The number of hydrogen-bond acceptors (Lipinski definition) is 2. The summed E-state index contributed by atoms with van der Waals surface area (Å²) in [7, 11) is 0. The van der Waals surface area contributed by atoms with Crippen molar-refractivity contribution in [3.8, 4) is 0 Å². The van der Waals surface area contributed by atoms with E-state index in [1.807, 2.05) is 0 Å². The van der Waals surface area contributed by atoms with E-state index in [2.05, 4.69) is 49.1 Å². The Balaban J connectivity index is 2.24. The SMILES string of the molecule is CC(C)(C)c1ccc2[nH]c3c(c2c1)CCCC3=NN. The minimum absolute atomic E-state index is 0.178. The molecule has 1 aliphatic carbocycles. The zero-order valence-corrected chi connectivity index (χ0v) is 11.9. The number of nitrogens with two attached hydrogens (primary N) is 1. The predicted octanol–water partition coefficient (Wildman–Crippen LogP) is 3.46. The van der Waals surface area contributed by atoms with Crippen molar-refractivity contribution in [3.05, 3.63) is 35.0 Å². The van der Waals surface area contributed by atoms with Crippen LogP contribution < -0.4 is 5.84 Å². The quantitative estimate of drug-likeness (QED) is 0.549. The Morgan fingerprint density at radius 1 is 1.21 bits per heavy atom. The third kappa shape index (κ3) is 1.93. The zero-order chi connectivity index (χ0) is 13.6. The first-order valence-corrected chi connectivity index (χ1v) is 6.93. The lowest BCUT2D eigenvalue weighted by Crippen LogP contribution is -2.13. The Bertz CT molecular complexity index is 656. The highest BCUT2D eigenvalue weighted by molar-refractivity contribution is 6.06. The van der Waals surface area contributed by atoms with Gasteiger partial charge in [-0.15, -0.1) is 0 Å². The maximum Gasteiger partial charge on any atom is 0.0837 e. The third-order valence-electron chi connectivity index (χ3n) is 4.06. The van der Waals surface area contributed by atoms with Gasteiger partial charge in [0.05, 0.1) is 11.4 Å². The summed E-state index contributed by atoms with van der Waals surface area (Å²) in [5, 5.41) is 5.28. The van der Waals surface area contributed by atoms with Crippen LogP contribution in [0.1, 0.15) is 50.4 Å². The van der Waals surface area contributed by atoms with Crippen molar-refractivity contribution in [2.45, 2.75) is 45.4 Å². The van der Waals surface area contributed by atoms with Crippen LogP contribution >= 0.6 is 0 Å². The second kappa shape index (κ2) is 4.12. The maximum atomic E-state index is 5.51. The molecule has 0 unspecified atom stereocenters. The van der Waals surface area contributed by atoms with E-state index >= 15 is 0 Å². The highest BCUT2D eigenvalue weighted by Crippen LogP contribution is 2.32. The molecule has 0 amide bonds. The standard InChI is InChI=1S/C16H21N3/c1-16(2,3)10-7-8-13-12(9-10)11-5-4-6-14(19-17)15(11)18-13/h7-9,18H,4-6,17H2,1-3H3. The largest absolute Gasteiger partial charge is 0.353 e. The van der Waals surface area contributed by atoms with Crippen molar-refractivity contribution < 1.29 is 0 Å². The molecule has 0 fully saturated rings. The van der Waals surface area contributed by atoms with E-state index in [9.17, 15) is 0 Å². The number of hydrogen-bond donors (Lipinski definition) is 2. The highest BCUT2D eigenvalue weighted by Gasteiger charge is 2.22. The maximum absolute atomic E-state index is 5.51. The van der Waals surface area contributed by atoms with Gasteiger partial charge in [-0.3, -0.25) is 0 Å². The lowest BCUT2D eigenvalue weighted by Gasteiger charge is -2.19. The molecule has 100 valence electrons. The number of nitrogens with zero attached hydrogens (tertiary/aromatic N) is 1. The lowest BCUT2D eigenvalue weighted by molar-refractivity contribution is 0.591. The van der Waals surface area contributed by atoms with Gasteiger partial charge in [-0.1, -0.05) is 26.8 Å². The molecule has 0 atom stereocenters. The molecule has 1 heterocycles. The summed E-state index contributed by atoms with van der Waals surface area (Å²) in [6.45, 7) is 6.75. The molecule has 0 aliphatic heterocycles. The predicted molar refractivity (Wildman–Crippen MR) is 80.7 cm³/mol. The Morgan fingerprint density at radius 3 is 2.68 bits per heavy atom. The number of benzene rings is 1. The van der Waals surface area contributed by atoms with E-state index < -0.39 is 0 Å². The molecule has 1 aromatic carbocycles. The third-order valence-corrected chi connectivity index (χ3v) is 4.06. The van der Waals surface area contributed by atoms with Crippen molar-refractivity contribution in [1.82, 2.24) is 4.98 Å². The van der Waals surface area contributed by atoms with Crippen molar-refractivity contribution in [3.63, 3.8) is 0 Å². The van der Waals surface area contributed by atoms with Crippen LogP contribution in [0.5, 0.6) is 0 Å². The fourth-order valence-corrected chi connectivity index (χ4v) is 2.91. The van der Waals surface area contributed by atoms with Gasteiger partial charge in [0.1, 0.15) is 0 Å². The van der Waals surface area contributed by atoms with Crippen molar-refractivity contribution in [2.24, 2.45) is 10.9 Å². The molecule has 1 aliphatic rings. The molecule has 3 heteroatoms. The second-order valence-electron chi connectivity index (χ2n) is 6.42. The smallest absolute Gasteiger partial charge is 0.0837 e. The number of fused-ring (bicyclic) bond motifs is 3. The van der Waals surface area contributed by atoms with Crippen LogP contribution in [-0.4, -0.2) is 10.7 Å². The number of aryl methyl sites for hydroxylation is 1. The molecule has 3 rings (SSSR count). The Hall–Kier alpha value is -1.77. The Kier molecular flexibility index (Phi) is 2.66. The van der Waals surface area contributed by atoms with E-state index in [1.165, 1.54) is 22.0 Å². The van der Waals surface area contributed by atoms with Crippen molar-refractivity contribution >= 4 is 16.6 Å². The summed E-state index contributed by atoms with van der Waals surface area (Å²) in [6, 6.07) is 6.72. The van der Waals surface area contributed by atoms with Gasteiger partial charge in [-0.2, -0.15) is 5.10 Å². The van der Waals surface area contributed by atoms with E-state index in [-0.39, 0.29) is 5.41 Å². The second-order valence-corrected chi connectivity index (χ2v) is 6.42. The Morgan fingerprint density at radius 2 is 2.00 bits per heavy atom. The fraction of sp³-hybridized carbons (Fsp3) is 0.438. The van der Waals surface area contributed by atoms with Gasteiger partial charge in [-0.25, -0.2) is 0 Å². The number of H-pyrrole nitrogens is 1. The van der Waals surface area contributed by atoms with E-state index in [0.717, 1.165) is 30.7 Å². The van der Waals surface area contributed by atoms with Crippen LogP contribution in [0.2, 0.25) is 0 Å². The first-order valence-electron chi connectivity index (χ1n) is 6.93. The lowest BCUT2D eigenvalue weighted by atomic mass is 9.85. The molecule has 0 bridgehead atoms. The van der Waals surface area contributed by atoms with E-state index in [0.29, 0.717) is 0 Å². The van der Waals surface area contributed by atoms with E-state index in [4.69, 9.17) is 5.84 Å². The van der Waals surface area contributed by atoms with Gasteiger partial charge in [-0.05, 0) is 47.9 Å². The first-order chi connectivity index (χ1) is 9.00. The molecular formula is C16H21N3. The van der Waals surface area contributed by atoms with Gasteiger partial charge in [0.15, 0.2) is 0 Å². The molecule has 3 nitrogen and oxygen atoms in total. The molecule has 2 aromatic rings. The van der Waals surface area contributed by atoms with Crippen LogP contribution in [-0.2, 0) is 11.8 Å². The van der Waals surface area contributed by atoms with Gasteiger partial charge in [0.25, 0.3) is 0 Å². The minimum Gasteiger partial charge on any atom is -0.353 e. The van der Waals surface area contributed by atoms with Crippen LogP contribution in [0.4, 0.5) is 0 Å². The first kappa shape index (κ1) is 12.3. The van der Waals surface area contributed by atoms with Crippen LogP contribution in [0.25, 0.3) is 10.9 Å². The Labute approximate surface area is 113 Å². The van der Waals surface area contributed by atoms with Crippen LogP contribution in [0.3, 0.4) is 0 Å². The number of aromatic amines is 1. The minimum atomic E-state index is 0.178. The molecule has 0 radical (unpaired) electrons. The molecule has 3 N–H and O–H groups in total. The summed E-state index contributed by atoms with van der Waals surface area (Å²) >= 11 is 0. The number of hydrazone groups is 1. The van der Waals surface area contributed by atoms with Crippen LogP contribution in [0.15, 0.2) is 23.3 Å². The van der Waals surface area contributed by atoms with Gasteiger partial charge in [0.2, 0.25) is 0 Å². The van der Waals surface area contributed by atoms with Crippen molar-refractivity contribution in [1.29, 1.82) is 0 Å². The van der Waals surface area contributed by atoms with Crippen molar-refractivity contribution in [2.75, 3.05) is 0 Å². The van der Waals surface area contributed by atoms with Crippen LogP contribution in [0, 0.1) is 0 Å². The van der Waals surface area contributed by atoms with Gasteiger partial charge < -0.3 is 10.8 Å². The number of rotatable bonds is 0. The molecule has 1 aromatic heterocycles.